The van der Waals surface area contributed by atoms with Gasteiger partial charge in [0, 0.05) is 24.7 Å². The molecule has 1 aliphatic rings. The molecular weight excluding hydrogens is 531 g/mol. The van der Waals surface area contributed by atoms with Gasteiger partial charge < -0.3 is 14.8 Å². The Kier molecular flexibility index (Phi) is 8.06. The lowest BCUT2D eigenvalue weighted by molar-refractivity contribution is -0.123. The Morgan fingerprint density at radius 3 is 2.48 bits per heavy atom. The minimum atomic E-state index is -0.343. The fraction of sp³-hybridized carbons (Fsp3) is 0.233. The van der Waals surface area contributed by atoms with Gasteiger partial charge in [-0.25, -0.2) is 4.39 Å². The minimum Gasteiger partial charge on any atom is -0.493 e. The highest BCUT2D eigenvalue weighted by molar-refractivity contribution is 8.00. The maximum absolute atomic E-state index is 13.5. The van der Waals surface area contributed by atoms with Crippen LogP contribution in [0.5, 0.6) is 11.5 Å². The number of ether oxygens (including phenoxy) is 2. The van der Waals surface area contributed by atoms with Crippen LogP contribution < -0.4 is 19.7 Å². The van der Waals surface area contributed by atoms with Gasteiger partial charge >= 0.3 is 0 Å². The smallest absolute Gasteiger partial charge is 0.240 e. The average Bonchev–Trinajstić information content (AvgIpc) is 3.24. The molecule has 0 bridgehead atoms. The van der Waals surface area contributed by atoms with Gasteiger partial charge in [-0.15, -0.1) is 11.8 Å². The summed E-state index contributed by atoms with van der Waals surface area (Å²) in [5.74, 6) is 1.03. The SMILES string of the molecule is COc1ccc([C@H]2SCC(=O)N(CC(=O)NCc3ccc(F)cc3)c3c2c(-c2ccccc2)nn3C)cc1OC. The first-order chi connectivity index (χ1) is 19.4. The van der Waals surface area contributed by atoms with E-state index in [-0.39, 0.29) is 41.7 Å². The average molecular weight is 561 g/mol. The van der Waals surface area contributed by atoms with Crippen LogP contribution in [0.15, 0.2) is 72.8 Å². The number of aromatic nitrogens is 2. The summed E-state index contributed by atoms with van der Waals surface area (Å²) in [6, 6.07) is 21.4. The fourth-order valence-corrected chi connectivity index (χ4v) is 5.97. The summed E-state index contributed by atoms with van der Waals surface area (Å²) < 4.78 is 25.9. The number of anilines is 1. The highest BCUT2D eigenvalue weighted by Crippen LogP contribution is 2.48. The lowest BCUT2D eigenvalue weighted by Crippen LogP contribution is -2.42. The van der Waals surface area contributed by atoms with Crippen LogP contribution in [0.4, 0.5) is 10.2 Å². The van der Waals surface area contributed by atoms with Crippen molar-refractivity contribution in [3.8, 4) is 22.8 Å². The first kappa shape index (κ1) is 27.3. The molecule has 0 aliphatic carbocycles. The van der Waals surface area contributed by atoms with Crippen molar-refractivity contribution in [2.45, 2.75) is 11.8 Å². The van der Waals surface area contributed by atoms with Crippen molar-refractivity contribution >= 4 is 29.4 Å². The van der Waals surface area contributed by atoms with Crippen molar-refractivity contribution in [1.29, 1.82) is 0 Å². The van der Waals surface area contributed by atoms with E-state index in [1.807, 2.05) is 48.5 Å². The molecule has 0 saturated carbocycles. The zero-order chi connectivity index (χ0) is 28.2. The first-order valence-electron chi connectivity index (χ1n) is 12.7. The third-order valence-corrected chi connectivity index (χ3v) is 7.96. The number of methoxy groups -OCH3 is 2. The van der Waals surface area contributed by atoms with Crippen LogP contribution >= 0.6 is 11.8 Å². The molecule has 2 heterocycles. The van der Waals surface area contributed by atoms with Crippen LogP contribution in [0.25, 0.3) is 11.3 Å². The normalized spacial score (nSPS) is 14.8. The number of amides is 2. The molecule has 4 aromatic rings. The zero-order valence-electron chi connectivity index (χ0n) is 22.4. The van der Waals surface area contributed by atoms with Crippen LogP contribution in [0, 0.1) is 5.82 Å². The second-order valence-corrected chi connectivity index (χ2v) is 10.4. The molecule has 0 fully saturated rings. The number of rotatable bonds is 8. The van der Waals surface area contributed by atoms with Crippen molar-refractivity contribution in [2.24, 2.45) is 7.05 Å². The number of benzene rings is 3. The Morgan fingerprint density at radius 1 is 1.05 bits per heavy atom. The third-order valence-electron chi connectivity index (χ3n) is 6.71. The molecule has 40 heavy (non-hydrogen) atoms. The number of hydrogen-bond donors (Lipinski definition) is 1. The van der Waals surface area contributed by atoms with E-state index in [0.717, 1.165) is 27.9 Å². The predicted molar refractivity (Wildman–Crippen MR) is 153 cm³/mol. The molecule has 2 amide bonds. The van der Waals surface area contributed by atoms with E-state index in [1.54, 1.807) is 38.1 Å². The van der Waals surface area contributed by atoms with E-state index < -0.39 is 0 Å². The molecule has 0 unspecified atom stereocenters. The van der Waals surface area contributed by atoms with Gasteiger partial charge in [0.05, 0.1) is 30.9 Å². The van der Waals surface area contributed by atoms with Gasteiger partial charge in [0.25, 0.3) is 0 Å². The van der Waals surface area contributed by atoms with Gasteiger partial charge in [-0.1, -0.05) is 48.5 Å². The van der Waals surface area contributed by atoms with E-state index in [1.165, 1.54) is 28.8 Å². The summed E-state index contributed by atoms with van der Waals surface area (Å²) in [5, 5.41) is 7.41. The number of fused-ring (bicyclic) bond motifs is 1. The van der Waals surface area contributed by atoms with Gasteiger partial charge in [-0.3, -0.25) is 19.2 Å². The van der Waals surface area contributed by atoms with Crippen molar-refractivity contribution in [3.05, 3.63) is 95.3 Å². The second-order valence-electron chi connectivity index (χ2n) is 9.26. The molecule has 8 nitrogen and oxygen atoms in total. The number of nitrogens with one attached hydrogen (secondary N) is 1. The number of carbonyl (C=O) groups excluding carboxylic acids is 2. The van der Waals surface area contributed by atoms with Gasteiger partial charge in [-0.2, -0.15) is 5.10 Å². The molecule has 5 rings (SSSR count). The number of nitrogens with zero attached hydrogens (tertiary/aromatic N) is 3. The molecule has 3 aromatic carbocycles. The summed E-state index contributed by atoms with van der Waals surface area (Å²) in [6.45, 7) is 0.0394. The van der Waals surface area contributed by atoms with E-state index in [4.69, 9.17) is 14.6 Å². The second kappa shape index (κ2) is 11.8. The Balaban J connectivity index is 1.54. The third kappa shape index (κ3) is 5.53. The highest BCUT2D eigenvalue weighted by atomic mass is 32.2. The Bertz CT molecular complexity index is 1520. The predicted octanol–water partition coefficient (Wildman–Crippen LogP) is 4.73. The van der Waals surface area contributed by atoms with Crippen molar-refractivity contribution in [1.82, 2.24) is 15.1 Å². The Labute approximate surface area is 236 Å². The van der Waals surface area contributed by atoms with Crippen LogP contribution in [0.1, 0.15) is 21.9 Å². The fourth-order valence-electron chi connectivity index (χ4n) is 4.78. The molecular formula is C30H29FN4O4S. The van der Waals surface area contributed by atoms with Crippen molar-refractivity contribution < 1.29 is 23.5 Å². The minimum absolute atomic E-state index is 0.160. The van der Waals surface area contributed by atoms with Crippen LogP contribution in [-0.2, 0) is 23.2 Å². The Hall–Kier alpha value is -4.31. The summed E-state index contributed by atoms with van der Waals surface area (Å²) in [7, 11) is 4.95. The summed E-state index contributed by atoms with van der Waals surface area (Å²) in [5.41, 5.74) is 4.15. The highest BCUT2D eigenvalue weighted by Gasteiger charge is 2.37. The molecule has 206 valence electrons. The molecule has 0 spiro atoms. The lowest BCUT2D eigenvalue weighted by atomic mass is 9.99. The van der Waals surface area contributed by atoms with E-state index in [0.29, 0.717) is 17.3 Å². The molecule has 10 heteroatoms. The standard InChI is InChI=1S/C30H29FN4O4S/c1-34-30-27(28(33-34)20-7-5-4-6-8-20)29(21-11-14-23(38-2)24(15-21)39-3)40-18-26(37)35(30)17-25(36)32-16-19-9-12-22(31)13-10-19/h4-15,29H,16-18H2,1-3H3,(H,32,36)/t29-/m1/s1. The maximum Gasteiger partial charge on any atom is 0.240 e. The Morgan fingerprint density at radius 2 is 1.77 bits per heavy atom. The van der Waals surface area contributed by atoms with Gasteiger partial charge in [0.15, 0.2) is 11.5 Å². The van der Waals surface area contributed by atoms with E-state index in [9.17, 15) is 14.0 Å². The maximum atomic E-state index is 13.5. The van der Waals surface area contributed by atoms with Gasteiger partial charge in [-0.05, 0) is 35.4 Å². The summed E-state index contributed by atoms with van der Waals surface area (Å²) in [6.07, 6.45) is 0. The topological polar surface area (TPSA) is 85.7 Å². The quantitative estimate of drug-likeness (QED) is 0.336. The monoisotopic (exact) mass is 560 g/mol. The lowest BCUT2D eigenvalue weighted by Gasteiger charge is -2.22. The summed E-state index contributed by atoms with van der Waals surface area (Å²) >= 11 is 1.48. The molecule has 1 atom stereocenters. The van der Waals surface area contributed by atoms with Gasteiger partial charge in [0.1, 0.15) is 18.2 Å². The number of carbonyl (C=O) groups is 2. The van der Waals surface area contributed by atoms with Crippen LogP contribution in [0.2, 0.25) is 0 Å². The van der Waals surface area contributed by atoms with Crippen LogP contribution in [-0.4, -0.2) is 48.1 Å². The molecule has 1 aliphatic heterocycles. The number of halogens is 1. The molecule has 1 aromatic heterocycles. The molecule has 0 saturated heterocycles. The molecule has 1 N–H and O–H groups in total. The summed E-state index contributed by atoms with van der Waals surface area (Å²) in [4.78, 5) is 28.1. The van der Waals surface area contributed by atoms with Crippen LogP contribution in [0.3, 0.4) is 0 Å². The van der Waals surface area contributed by atoms with Crippen molar-refractivity contribution in [2.75, 3.05) is 31.4 Å². The van der Waals surface area contributed by atoms with E-state index >= 15 is 0 Å². The van der Waals surface area contributed by atoms with Crippen molar-refractivity contribution in [3.63, 3.8) is 0 Å². The number of hydrogen-bond acceptors (Lipinski definition) is 6. The van der Waals surface area contributed by atoms with Gasteiger partial charge in [0.2, 0.25) is 11.8 Å². The number of aryl methyl sites for hydroxylation is 1. The van der Waals surface area contributed by atoms with E-state index in [2.05, 4.69) is 5.32 Å². The largest absolute Gasteiger partial charge is 0.493 e. The zero-order valence-corrected chi connectivity index (χ0v) is 23.2. The number of thioether (sulfide) groups is 1. The first-order valence-corrected chi connectivity index (χ1v) is 13.7. The molecule has 0 radical (unpaired) electrons.